The first kappa shape index (κ1) is 19.2. The first-order valence-corrected chi connectivity index (χ1v) is 9.38. The molecule has 1 heterocycles. The highest BCUT2D eigenvalue weighted by Crippen LogP contribution is 2.40. The first-order chi connectivity index (χ1) is 12.9. The lowest BCUT2D eigenvalue weighted by Crippen LogP contribution is -2.49. The molecular weight excluding hydrogens is 364 g/mol. The molecule has 0 radical (unpaired) electrons. The molecular formula is C21H23ClN2O3. The van der Waals surface area contributed by atoms with Crippen LogP contribution < -0.4 is 5.73 Å². The van der Waals surface area contributed by atoms with Crippen molar-refractivity contribution in [2.45, 2.75) is 37.8 Å². The van der Waals surface area contributed by atoms with Crippen molar-refractivity contribution in [1.82, 2.24) is 4.90 Å². The zero-order valence-corrected chi connectivity index (χ0v) is 16.0. The lowest BCUT2D eigenvalue weighted by atomic mass is 9.84. The van der Waals surface area contributed by atoms with Crippen LogP contribution in [0.2, 0.25) is 5.02 Å². The Bertz CT molecular complexity index is 810. The summed E-state index contributed by atoms with van der Waals surface area (Å²) in [5, 5.41) is 0.654. The van der Waals surface area contributed by atoms with Gasteiger partial charge in [0.2, 0.25) is 5.91 Å². The number of ether oxygens (including phenoxy) is 1. The summed E-state index contributed by atoms with van der Waals surface area (Å²) < 4.78 is 5.94. The van der Waals surface area contributed by atoms with Crippen LogP contribution in [0.3, 0.4) is 0 Å². The minimum absolute atomic E-state index is 0.139. The van der Waals surface area contributed by atoms with Gasteiger partial charge in [-0.1, -0.05) is 54.1 Å². The second-order valence-electron chi connectivity index (χ2n) is 6.87. The number of rotatable bonds is 6. The van der Waals surface area contributed by atoms with Gasteiger partial charge in [0.15, 0.2) is 0 Å². The number of amides is 2. The van der Waals surface area contributed by atoms with E-state index >= 15 is 0 Å². The third-order valence-electron chi connectivity index (χ3n) is 5.17. The third kappa shape index (κ3) is 4.25. The minimum atomic E-state index is -0.830. The van der Waals surface area contributed by atoms with Crippen LogP contribution in [0.1, 0.15) is 43.4 Å². The molecule has 1 aliphatic rings. The number of primary amides is 1. The summed E-state index contributed by atoms with van der Waals surface area (Å²) >= 11 is 5.95. The van der Waals surface area contributed by atoms with Gasteiger partial charge in [-0.25, -0.2) is 4.79 Å². The van der Waals surface area contributed by atoms with Crippen LogP contribution in [-0.4, -0.2) is 23.4 Å². The van der Waals surface area contributed by atoms with Gasteiger partial charge in [-0.15, -0.1) is 0 Å². The average molecular weight is 387 g/mol. The molecule has 1 saturated heterocycles. The number of carbonyl (C=O) groups excluding carboxylic acids is 2. The highest BCUT2D eigenvalue weighted by molar-refractivity contribution is 6.30. The Morgan fingerprint density at radius 3 is 2.48 bits per heavy atom. The summed E-state index contributed by atoms with van der Waals surface area (Å²) in [6.07, 6.45) is 0.737. The number of halogens is 1. The molecule has 6 heteroatoms. The van der Waals surface area contributed by atoms with E-state index in [9.17, 15) is 9.59 Å². The highest BCUT2D eigenvalue weighted by atomic mass is 35.5. The SMILES string of the molecule is CC(c1ccc(Cl)cc1)N1CCC(CCC(N)=O)(c2ccccc2)OC1=O. The van der Waals surface area contributed by atoms with Crippen molar-refractivity contribution < 1.29 is 14.3 Å². The number of carbonyl (C=O) groups is 2. The molecule has 2 amide bonds. The maximum Gasteiger partial charge on any atom is 0.411 e. The Morgan fingerprint density at radius 2 is 1.89 bits per heavy atom. The molecule has 5 nitrogen and oxygen atoms in total. The van der Waals surface area contributed by atoms with Gasteiger partial charge in [-0.05, 0) is 30.2 Å². The largest absolute Gasteiger partial charge is 0.438 e. The zero-order chi connectivity index (χ0) is 19.4. The second kappa shape index (κ2) is 8.01. The second-order valence-corrected chi connectivity index (χ2v) is 7.30. The van der Waals surface area contributed by atoms with E-state index in [1.54, 1.807) is 4.90 Å². The van der Waals surface area contributed by atoms with E-state index in [0.29, 0.717) is 24.4 Å². The summed E-state index contributed by atoms with van der Waals surface area (Å²) in [6.45, 7) is 2.49. The van der Waals surface area contributed by atoms with E-state index in [-0.39, 0.29) is 12.5 Å². The molecule has 3 rings (SSSR count). The summed E-state index contributed by atoms with van der Waals surface area (Å²) in [5.74, 6) is -0.404. The van der Waals surface area contributed by atoms with Gasteiger partial charge in [-0.3, -0.25) is 4.79 Å². The predicted octanol–water partition coefficient (Wildman–Crippen LogP) is 4.40. The Kier molecular flexibility index (Phi) is 5.71. The maximum absolute atomic E-state index is 12.9. The van der Waals surface area contributed by atoms with Crippen LogP contribution in [0.25, 0.3) is 0 Å². The molecule has 2 atom stereocenters. The van der Waals surface area contributed by atoms with Crippen molar-refractivity contribution >= 4 is 23.6 Å². The van der Waals surface area contributed by atoms with Gasteiger partial charge in [-0.2, -0.15) is 0 Å². The van der Waals surface area contributed by atoms with E-state index in [1.807, 2.05) is 61.5 Å². The molecule has 1 fully saturated rings. The number of hydrogen-bond donors (Lipinski definition) is 1. The van der Waals surface area contributed by atoms with Crippen LogP contribution in [-0.2, 0) is 15.1 Å². The van der Waals surface area contributed by atoms with E-state index < -0.39 is 17.6 Å². The molecule has 0 aliphatic carbocycles. The van der Waals surface area contributed by atoms with Gasteiger partial charge in [0.1, 0.15) is 5.60 Å². The van der Waals surface area contributed by atoms with Gasteiger partial charge >= 0.3 is 6.09 Å². The predicted molar refractivity (Wildman–Crippen MR) is 104 cm³/mol. The van der Waals surface area contributed by atoms with E-state index in [2.05, 4.69) is 0 Å². The minimum Gasteiger partial charge on any atom is -0.438 e. The Balaban J connectivity index is 1.82. The molecule has 0 aromatic heterocycles. The Morgan fingerprint density at radius 1 is 1.22 bits per heavy atom. The van der Waals surface area contributed by atoms with Crippen molar-refractivity contribution in [3.05, 3.63) is 70.7 Å². The molecule has 2 aromatic rings. The number of nitrogens with two attached hydrogens (primary N) is 1. The summed E-state index contributed by atoms with van der Waals surface area (Å²) in [5.41, 5.74) is 6.39. The highest BCUT2D eigenvalue weighted by Gasteiger charge is 2.43. The van der Waals surface area contributed by atoms with Crippen molar-refractivity contribution in [2.24, 2.45) is 5.73 Å². The van der Waals surface area contributed by atoms with Crippen molar-refractivity contribution in [2.75, 3.05) is 6.54 Å². The number of hydrogen-bond acceptors (Lipinski definition) is 3. The summed E-state index contributed by atoms with van der Waals surface area (Å²) in [6, 6.07) is 16.9. The maximum atomic E-state index is 12.9. The monoisotopic (exact) mass is 386 g/mol. The topological polar surface area (TPSA) is 72.6 Å². The van der Waals surface area contributed by atoms with Gasteiger partial charge in [0.05, 0.1) is 6.04 Å². The van der Waals surface area contributed by atoms with Crippen LogP contribution >= 0.6 is 11.6 Å². The van der Waals surface area contributed by atoms with Crippen LogP contribution in [0.5, 0.6) is 0 Å². The van der Waals surface area contributed by atoms with Crippen molar-refractivity contribution in [3.8, 4) is 0 Å². The fourth-order valence-corrected chi connectivity index (χ4v) is 3.66. The van der Waals surface area contributed by atoms with Gasteiger partial charge in [0.25, 0.3) is 0 Å². The summed E-state index contributed by atoms with van der Waals surface area (Å²) in [4.78, 5) is 25.9. The van der Waals surface area contributed by atoms with Gasteiger partial charge in [0, 0.05) is 30.8 Å². The third-order valence-corrected chi connectivity index (χ3v) is 5.42. The molecule has 142 valence electrons. The lowest BCUT2D eigenvalue weighted by Gasteiger charge is -2.43. The van der Waals surface area contributed by atoms with E-state index in [4.69, 9.17) is 22.1 Å². The van der Waals surface area contributed by atoms with E-state index in [1.165, 1.54) is 0 Å². The standard InChI is InChI=1S/C21H23ClN2O3/c1-15(16-7-9-18(22)10-8-16)24-14-13-21(27-20(24)26,12-11-19(23)25)17-5-3-2-4-6-17/h2-10,15H,11-14H2,1H3,(H2,23,25). The zero-order valence-electron chi connectivity index (χ0n) is 15.2. The van der Waals surface area contributed by atoms with Crippen LogP contribution in [0.15, 0.2) is 54.6 Å². The van der Waals surface area contributed by atoms with E-state index in [0.717, 1.165) is 11.1 Å². The first-order valence-electron chi connectivity index (χ1n) is 9.00. The molecule has 0 spiro atoms. The van der Waals surface area contributed by atoms with Crippen LogP contribution in [0, 0.1) is 0 Å². The molecule has 2 unspecified atom stereocenters. The van der Waals surface area contributed by atoms with Crippen molar-refractivity contribution in [3.63, 3.8) is 0 Å². The Labute approximate surface area is 164 Å². The van der Waals surface area contributed by atoms with Crippen molar-refractivity contribution in [1.29, 1.82) is 0 Å². The smallest absolute Gasteiger partial charge is 0.411 e. The molecule has 2 N–H and O–H groups in total. The summed E-state index contributed by atoms with van der Waals surface area (Å²) in [7, 11) is 0. The van der Waals surface area contributed by atoms with Crippen LogP contribution in [0.4, 0.5) is 4.79 Å². The number of cyclic esters (lactones) is 1. The molecule has 0 bridgehead atoms. The van der Waals surface area contributed by atoms with Gasteiger partial charge < -0.3 is 15.4 Å². The quantitative estimate of drug-likeness (QED) is 0.799. The lowest BCUT2D eigenvalue weighted by molar-refractivity contribution is -0.121. The fraction of sp³-hybridized carbons (Fsp3) is 0.333. The number of nitrogens with zero attached hydrogens (tertiary/aromatic N) is 1. The normalized spacial score (nSPS) is 20.8. The number of benzene rings is 2. The molecule has 2 aromatic carbocycles. The fourth-order valence-electron chi connectivity index (χ4n) is 3.53. The molecule has 27 heavy (non-hydrogen) atoms. The Hall–Kier alpha value is -2.53. The average Bonchev–Trinajstić information content (AvgIpc) is 2.67. The molecule has 0 saturated carbocycles. The molecule has 1 aliphatic heterocycles.